The maximum Gasteiger partial charge on any atom is 0.410 e. The van der Waals surface area contributed by atoms with Crippen molar-refractivity contribution in [2.75, 3.05) is 5.32 Å². The van der Waals surface area contributed by atoms with Gasteiger partial charge in [0.15, 0.2) is 11.7 Å². The minimum atomic E-state index is -4.58. The molecular weight excluding hydrogens is 464 g/mol. The van der Waals surface area contributed by atoms with Crippen LogP contribution in [0.2, 0.25) is 10.0 Å². The number of nitrogens with one attached hydrogen (secondary N) is 2. The number of halogens is 5. The van der Waals surface area contributed by atoms with Crippen LogP contribution in [-0.4, -0.2) is 21.9 Å². The summed E-state index contributed by atoms with van der Waals surface area (Å²) in [5.41, 5.74) is 1.20. The number of amides is 1. The van der Waals surface area contributed by atoms with Crippen molar-refractivity contribution in [2.45, 2.75) is 37.6 Å². The number of aromatic nitrogens is 2. The largest absolute Gasteiger partial charge is 0.410 e. The third-order valence-corrected chi connectivity index (χ3v) is 6.04. The van der Waals surface area contributed by atoms with Crippen LogP contribution < -0.4 is 10.6 Å². The zero-order valence-corrected chi connectivity index (χ0v) is 18.3. The van der Waals surface area contributed by atoms with E-state index in [4.69, 9.17) is 23.2 Å². The Morgan fingerprint density at radius 3 is 2.44 bits per heavy atom. The lowest BCUT2D eigenvalue weighted by atomic mass is 9.97. The van der Waals surface area contributed by atoms with E-state index in [1.54, 1.807) is 31.2 Å². The van der Waals surface area contributed by atoms with E-state index in [0.717, 1.165) is 10.2 Å². The Morgan fingerprint density at radius 2 is 1.81 bits per heavy atom. The van der Waals surface area contributed by atoms with Crippen LogP contribution in [0.4, 0.5) is 19.0 Å². The van der Waals surface area contributed by atoms with Crippen LogP contribution in [0, 0.1) is 0 Å². The first-order valence-corrected chi connectivity index (χ1v) is 10.6. The number of alkyl halides is 3. The molecule has 0 fully saturated rings. The van der Waals surface area contributed by atoms with Crippen molar-refractivity contribution in [3.05, 3.63) is 81.5 Å². The predicted octanol–water partition coefficient (Wildman–Crippen LogP) is 6.34. The van der Waals surface area contributed by atoms with E-state index in [0.29, 0.717) is 10.6 Å². The molecule has 0 bridgehead atoms. The molecule has 2 heterocycles. The first-order chi connectivity index (χ1) is 15.1. The molecule has 1 aliphatic rings. The molecule has 0 spiro atoms. The van der Waals surface area contributed by atoms with Crippen molar-refractivity contribution < 1.29 is 18.0 Å². The van der Waals surface area contributed by atoms with Crippen LogP contribution in [0.3, 0.4) is 0 Å². The molecule has 5 nitrogen and oxygen atoms in total. The Morgan fingerprint density at radius 1 is 1.16 bits per heavy atom. The van der Waals surface area contributed by atoms with E-state index in [-0.39, 0.29) is 29.0 Å². The Kier molecular flexibility index (Phi) is 6.09. The highest BCUT2D eigenvalue weighted by Crippen LogP contribution is 2.46. The number of rotatable bonds is 4. The first kappa shape index (κ1) is 22.5. The Bertz CT molecular complexity index is 1120. The molecule has 168 valence electrons. The van der Waals surface area contributed by atoms with Crippen molar-refractivity contribution in [3.63, 3.8) is 0 Å². The summed E-state index contributed by atoms with van der Waals surface area (Å²) in [4.78, 5) is 12.8. The average Bonchev–Trinajstić information content (AvgIpc) is 3.10. The monoisotopic (exact) mass is 482 g/mol. The number of nitrogens with zero attached hydrogens (tertiary/aromatic N) is 2. The standard InChI is InChI=1S/C22H19Cl2F3N4O/c1-12(13-5-3-2-4-6-13)28-21(32)19-18(24)20-29-16(14-7-9-15(23)10-8-14)11-17(22(25,26)27)31(20)30-19/h2-10,12,16-17,29H,11H2,1H3,(H,28,32)/t12-,16-,17-/m1/s1. The summed E-state index contributed by atoms with van der Waals surface area (Å²) in [5.74, 6) is -0.697. The summed E-state index contributed by atoms with van der Waals surface area (Å²) in [6.07, 6.45) is -4.89. The second kappa shape index (κ2) is 8.67. The van der Waals surface area contributed by atoms with Gasteiger partial charge in [0.1, 0.15) is 10.8 Å². The molecule has 3 aromatic rings. The van der Waals surface area contributed by atoms with Gasteiger partial charge in [-0.2, -0.15) is 18.3 Å². The molecule has 32 heavy (non-hydrogen) atoms. The SMILES string of the molecule is C[C@@H](NC(=O)c1nn2c(c1Cl)N[C@@H](c1ccc(Cl)cc1)C[C@@H]2C(F)(F)F)c1ccccc1. The Balaban J connectivity index is 1.66. The van der Waals surface area contributed by atoms with Gasteiger partial charge in [0, 0.05) is 11.4 Å². The second-order valence-corrected chi connectivity index (χ2v) is 8.42. The topological polar surface area (TPSA) is 59.0 Å². The summed E-state index contributed by atoms with van der Waals surface area (Å²) in [6.45, 7) is 1.77. The normalized spacial score (nSPS) is 19.1. The smallest absolute Gasteiger partial charge is 0.362 e. The highest BCUT2D eigenvalue weighted by atomic mass is 35.5. The molecule has 0 unspecified atom stereocenters. The number of benzene rings is 2. The molecule has 1 aromatic heterocycles. The van der Waals surface area contributed by atoms with E-state index in [2.05, 4.69) is 15.7 Å². The van der Waals surface area contributed by atoms with Crippen molar-refractivity contribution >= 4 is 34.9 Å². The number of carbonyl (C=O) groups is 1. The van der Waals surface area contributed by atoms with Crippen molar-refractivity contribution in [1.29, 1.82) is 0 Å². The molecule has 4 rings (SSSR count). The van der Waals surface area contributed by atoms with E-state index in [1.165, 1.54) is 0 Å². The molecular formula is C22H19Cl2F3N4O. The van der Waals surface area contributed by atoms with Gasteiger partial charge in [-0.3, -0.25) is 4.79 Å². The van der Waals surface area contributed by atoms with Crippen molar-refractivity contribution in [2.24, 2.45) is 0 Å². The van der Waals surface area contributed by atoms with Crippen LogP contribution in [0.25, 0.3) is 0 Å². The Labute approximate surface area is 192 Å². The van der Waals surface area contributed by atoms with E-state index >= 15 is 0 Å². The Hall–Kier alpha value is -2.71. The molecule has 3 atom stereocenters. The number of carbonyl (C=O) groups excluding carboxylic acids is 1. The molecule has 1 aliphatic heterocycles. The molecule has 2 aromatic carbocycles. The highest BCUT2D eigenvalue weighted by molar-refractivity contribution is 6.36. The fourth-order valence-corrected chi connectivity index (χ4v) is 4.13. The van der Waals surface area contributed by atoms with Gasteiger partial charge in [0.2, 0.25) is 0 Å². The zero-order chi connectivity index (χ0) is 23.0. The maximum atomic E-state index is 13.9. The number of hydrogen-bond donors (Lipinski definition) is 2. The molecule has 0 aliphatic carbocycles. The van der Waals surface area contributed by atoms with E-state index in [9.17, 15) is 18.0 Å². The minimum Gasteiger partial charge on any atom is -0.362 e. The summed E-state index contributed by atoms with van der Waals surface area (Å²) < 4.78 is 42.4. The lowest BCUT2D eigenvalue weighted by Gasteiger charge is -2.33. The molecule has 10 heteroatoms. The van der Waals surface area contributed by atoms with Crippen LogP contribution in [-0.2, 0) is 0 Å². The molecule has 0 saturated heterocycles. The van der Waals surface area contributed by atoms with Gasteiger partial charge in [-0.1, -0.05) is 65.7 Å². The molecule has 1 amide bonds. The summed E-state index contributed by atoms with van der Waals surface area (Å²) in [7, 11) is 0. The van der Waals surface area contributed by atoms with E-state index in [1.807, 2.05) is 30.3 Å². The van der Waals surface area contributed by atoms with Crippen LogP contribution in [0.1, 0.15) is 53.1 Å². The molecule has 0 radical (unpaired) electrons. The van der Waals surface area contributed by atoms with Gasteiger partial charge in [-0.25, -0.2) is 4.68 Å². The third kappa shape index (κ3) is 4.42. The molecule has 2 N–H and O–H groups in total. The van der Waals surface area contributed by atoms with Gasteiger partial charge >= 0.3 is 6.18 Å². The van der Waals surface area contributed by atoms with Gasteiger partial charge in [-0.05, 0) is 30.2 Å². The zero-order valence-electron chi connectivity index (χ0n) is 16.8. The summed E-state index contributed by atoms with van der Waals surface area (Å²) in [5, 5.41) is 10.0. The fourth-order valence-electron chi connectivity index (χ4n) is 3.74. The first-order valence-electron chi connectivity index (χ1n) is 9.87. The van der Waals surface area contributed by atoms with Crippen LogP contribution >= 0.6 is 23.2 Å². The van der Waals surface area contributed by atoms with Gasteiger partial charge in [0.05, 0.1) is 12.1 Å². The second-order valence-electron chi connectivity index (χ2n) is 7.60. The fraction of sp³-hybridized carbons (Fsp3) is 0.273. The lowest BCUT2D eigenvalue weighted by molar-refractivity contribution is -0.173. The van der Waals surface area contributed by atoms with Gasteiger partial charge in [0.25, 0.3) is 5.91 Å². The van der Waals surface area contributed by atoms with Crippen molar-refractivity contribution in [3.8, 4) is 0 Å². The maximum absolute atomic E-state index is 13.9. The highest BCUT2D eigenvalue weighted by Gasteiger charge is 2.47. The summed E-state index contributed by atoms with van der Waals surface area (Å²) >= 11 is 12.3. The average molecular weight is 483 g/mol. The number of fused-ring (bicyclic) bond motifs is 1. The van der Waals surface area contributed by atoms with Crippen molar-refractivity contribution in [1.82, 2.24) is 15.1 Å². The predicted molar refractivity (Wildman–Crippen MR) is 117 cm³/mol. The number of anilines is 1. The quantitative estimate of drug-likeness (QED) is 0.455. The third-order valence-electron chi connectivity index (χ3n) is 5.43. The van der Waals surface area contributed by atoms with Crippen LogP contribution in [0.5, 0.6) is 0 Å². The van der Waals surface area contributed by atoms with Gasteiger partial charge < -0.3 is 10.6 Å². The van der Waals surface area contributed by atoms with E-state index < -0.39 is 24.2 Å². The lowest BCUT2D eigenvalue weighted by Crippen LogP contribution is -2.36. The van der Waals surface area contributed by atoms with Gasteiger partial charge in [-0.15, -0.1) is 0 Å². The summed E-state index contributed by atoms with van der Waals surface area (Å²) in [6, 6.07) is 12.7. The molecule has 0 saturated carbocycles. The minimum absolute atomic E-state index is 0.0438. The van der Waals surface area contributed by atoms with Crippen LogP contribution in [0.15, 0.2) is 54.6 Å². The number of hydrogen-bond acceptors (Lipinski definition) is 3.